The fourth-order valence-electron chi connectivity index (χ4n) is 1.47. The van der Waals surface area contributed by atoms with Crippen LogP contribution in [0.2, 0.25) is 5.02 Å². The molecule has 0 unspecified atom stereocenters. The minimum absolute atomic E-state index is 0.00333. The van der Waals surface area contributed by atoms with Gasteiger partial charge in [-0.1, -0.05) is 17.7 Å². The molecule has 0 aliphatic rings. The van der Waals surface area contributed by atoms with Crippen molar-refractivity contribution in [2.75, 3.05) is 0 Å². The van der Waals surface area contributed by atoms with Crippen molar-refractivity contribution in [2.45, 2.75) is 0 Å². The minimum Gasteiger partial charge on any atom is -0.449 e. The second kappa shape index (κ2) is 4.99. The number of aromatic nitrogens is 1. The fourth-order valence-corrected chi connectivity index (χ4v) is 1.66. The molecule has 98 valence electrons. The zero-order chi connectivity index (χ0) is 14.0. The van der Waals surface area contributed by atoms with E-state index in [1.807, 2.05) is 0 Å². The number of hydrogen-bond donors (Lipinski definition) is 2. The molecule has 2 N–H and O–H groups in total. The van der Waals surface area contributed by atoms with Crippen LogP contribution in [0.5, 0.6) is 11.5 Å². The van der Waals surface area contributed by atoms with E-state index in [0.29, 0.717) is 5.39 Å². The van der Waals surface area contributed by atoms with Crippen LogP contribution >= 0.6 is 11.6 Å². The smallest absolute Gasteiger partial charge is 0.449 e. The van der Waals surface area contributed by atoms with Crippen molar-refractivity contribution in [3.63, 3.8) is 0 Å². The lowest BCUT2D eigenvalue weighted by molar-refractivity contribution is 0.143. The van der Waals surface area contributed by atoms with Crippen LogP contribution in [0.3, 0.4) is 0 Å². The Kier molecular flexibility index (Phi) is 3.39. The zero-order valence-electron chi connectivity index (χ0n) is 9.16. The van der Waals surface area contributed by atoms with Crippen LogP contribution in [-0.4, -0.2) is 27.5 Å². The van der Waals surface area contributed by atoms with Crippen molar-refractivity contribution in [1.29, 1.82) is 0 Å². The Morgan fingerprint density at radius 2 is 1.84 bits per heavy atom. The summed E-state index contributed by atoms with van der Waals surface area (Å²) in [6.07, 6.45) is -1.87. The molecule has 0 saturated heterocycles. The van der Waals surface area contributed by atoms with Gasteiger partial charge in [0.25, 0.3) is 0 Å². The van der Waals surface area contributed by atoms with E-state index < -0.39 is 12.3 Å². The summed E-state index contributed by atoms with van der Waals surface area (Å²) in [5, 5.41) is 17.6. The van der Waals surface area contributed by atoms with Gasteiger partial charge in [-0.15, -0.1) is 0 Å². The predicted molar refractivity (Wildman–Crippen MR) is 64.1 cm³/mol. The molecular formula is C11H6ClNO6. The normalized spacial score (nSPS) is 10.2. The monoisotopic (exact) mass is 283 g/mol. The first-order valence-electron chi connectivity index (χ1n) is 4.87. The topological polar surface area (TPSA) is 106 Å². The highest BCUT2D eigenvalue weighted by Gasteiger charge is 2.14. The molecule has 0 saturated carbocycles. The van der Waals surface area contributed by atoms with E-state index in [4.69, 9.17) is 21.8 Å². The van der Waals surface area contributed by atoms with Crippen molar-refractivity contribution < 1.29 is 29.3 Å². The van der Waals surface area contributed by atoms with Crippen molar-refractivity contribution in [2.24, 2.45) is 0 Å². The molecule has 0 amide bonds. The van der Waals surface area contributed by atoms with Gasteiger partial charge in [0.2, 0.25) is 0 Å². The van der Waals surface area contributed by atoms with Crippen LogP contribution < -0.4 is 9.47 Å². The van der Waals surface area contributed by atoms with Gasteiger partial charge in [0.1, 0.15) is 5.52 Å². The lowest BCUT2D eigenvalue weighted by Gasteiger charge is -2.07. The highest BCUT2D eigenvalue weighted by Crippen LogP contribution is 2.33. The number of rotatable bonds is 2. The Balaban J connectivity index is 2.54. The lowest BCUT2D eigenvalue weighted by atomic mass is 10.2. The molecule has 2 rings (SSSR count). The van der Waals surface area contributed by atoms with E-state index in [2.05, 4.69) is 14.5 Å². The molecule has 0 fully saturated rings. The molecule has 7 nitrogen and oxygen atoms in total. The fraction of sp³-hybridized carbons (Fsp3) is 0. The van der Waals surface area contributed by atoms with Gasteiger partial charge in [0.15, 0.2) is 11.5 Å². The average molecular weight is 284 g/mol. The molecule has 8 heteroatoms. The minimum atomic E-state index is -1.53. The Morgan fingerprint density at radius 3 is 2.47 bits per heavy atom. The number of carbonyl (C=O) groups is 2. The van der Waals surface area contributed by atoms with Gasteiger partial charge < -0.3 is 19.7 Å². The molecule has 0 bridgehead atoms. The first-order chi connectivity index (χ1) is 8.97. The van der Waals surface area contributed by atoms with Crippen LogP contribution in [0.15, 0.2) is 24.4 Å². The standard InChI is InChI=1S/C11H6ClNO6/c12-7-2-1-5-3-6(18-10(14)15)4-13-8(5)9(7)19-11(16)17/h1-4H,(H,14,15)(H,16,17). The van der Waals surface area contributed by atoms with Gasteiger partial charge in [-0.25, -0.2) is 14.6 Å². The Bertz CT molecular complexity index is 672. The molecule has 1 aromatic carbocycles. The van der Waals surface area contributed by atoms with Gasteiger partial charge in [0, 0.05) is 5.39 Å². The second-order valence-corrected chi connectivity index (χ2v) is 3.76. The summed E-state index contributed by atoms with van der Waals surface area (Å²) in [7, 11) is 0. The molecule has 1 heterocycles. The van der Waals surface area contributed by atoms with Gasteiger partial charge in [-0.3, -0.25) is 0 Å². The van der Waals surface area contributed by atoms with Crippen molar-refractivity contribution in [1.82, 2.24) is 4.98 Å². The summed E-state index contributed by atoms with van der Waals surface area (Å²) in [6, 6.07) is 4.32. The number of pyridine rings is 1. The van der Waals surface area contributed by atoms with Crippen molar-refractivity contribution in [3.8, 4) is 11.5 Å². The molecule has 0 aliphatic carbocycles. The third-order valence-corrected chi connectivity index (χ3v) is 2.43. The maximum absolute atomic E-state index is 10.6. The van der Waals surface area contributed by atoms with Gasteiger partial charge in [-0.2, -0.15) is 0 Å². The summed E-state index contributed by atoms with van der Waals surface area (Å²) >= 11 is 5.82. The van der Waals surface area contributed by atoms with Crippen LogP contribution in [0, 0.1) is 0 Å². The summed E-state index contributed by atoms with van der Waals surface area (Å²) in [4.78, 5) is 24.9. The van der Waals surface area contributed by atoms with E-state index in [-0.39, 0.29) is 22.0 Å². The summed E-state index contributed by atoms with van der Waals surface area (Å²) in [5.74, 6) is -0.114. The van der Waals surface area contributed by atoms with E-state index in [9.17, 15) is 9.59 Å². The van der Waals surface area contributed by atoms with Gasteiger partial charge >= 0.3 is 12.3 Å². The number of hydrogen-bond acceptors (Lipinski definition) is 5. The molecule has 0 spiro atoms. The van der Waals surface area contributed by atoms with Crippen LogP contribution in [0.4, 0.5) is 9.59 Å². The Morgan fingerprint density at radius 1 is 1.16 bits per heavy atom. The third-order valence-electron chi connectivity index (χ3n) is 2.13. The van der Waals surface area contributed by atoms with E-state index in [1.165, 1.54) is 18.2 Å². The molecule has 0 atom stereocenters. The van der Waals surface area contributed by atoms with Crippen molar-refractivity contribution >= 4 is 34.8 Å². The summed E-state index contributed by atoms with van der Waals surface area (Å²) in [6.45, 7) is 0. The number of benzene rings is 1. The van der Waals surface area contributed by atoms with Crippen LogP contribution in [-0.2, 0) is 0 Å². The predicted octanol–water partition coefficient (Wildman–Crippen LogP) is 3.00. The Labute approximate surface area is 111 Å². The third kappa shape index (κ3) is 2.83. The molecule has 2 aromatic rings. The van der Waals surface area contributed by atoms with Crippen LogP contribution in [0.1, 0.15) is 0 Å². The second-order valence-electron chi connectivity index (χ2n) is 3.36. The lowest BCUT2D eigenvalue weighted by Crippen LogP contribution is -2.05. The highest BCUT2D eigenvalue weighted by molar-refractivity contribution is 6.33. The molecule has 0 aliphatic heterocycles. The molecule has 0 radical (unpaired) electrons. The Hall–Kier alpha value is -2.54. The molecule has 19 heavy (non-hydrogen) atoms. The maximum atomic E-state index is 10.6. The number of carboxylic acid groups (broad SMARTS) is 2. The zero-order valence-corrected chi connectivity index (χ0v) is 9.92. The quantitative estimate of drug-likeness (QED) is 0.644. The SMILES string of the molecule is O=C(O)Oc1cnc2c(OC(=O)O)c(Cl)ccc2c1. The van der Waals surface area contributed by atoms with Gasteiger partial charge in [0.05, 0.1) is 11.2 Å². The number of fused-ring (bicyclic) bond motifs is 1. The van der Waals surface area contributed by atoms with E-state index in [1.54, 1.807) is 0 Å². The molecule has 1 aromatic heterocycles. The van der Waals surface area contributed by atoms with E-state index in [0.717, 1.165) is 6.20 Å². The van der Waals surface area contributed by atoms with Crippen molar-refractivity contribution in [3.05, 3.63) is 29.4 Å². The summed E-state index contributed by atoms with van der Waals surface area (Å²) < 4.78 is 8.98. The molecular weight excluding hydrogens is 278 g/mol. The average Bonchev–Trinajstić information content (AvgIpc) is 2.31. The first-order valence-corrected chi connectivity index (χ1v) is 5.25. The summed E-state index contributed by atoms with van der Waals surface area (Å²) in [5.41, 5.74) is 0.188. The first kappa shape index (κ1) is 12.9. The largest absolute Gasteiger partial charge is 0.511 e. The number of halogens is 1. The highest BCUT2D eigenvalue weighted by atomic mass is 35.5. The van der Waals surface area contributed by atoms with Crippen LogP contribution in [0.25, 0.3) is 10.9 Å². The number of ether oxygens (including phenoxy) is 2. The maximum Gasteiger partial charge on any atom is 0.511 e. The van der Waals surface area contributed by atoms with E-state index >= 15 is 0 Å². The number of nitrogens with zero attached hydrogens (tertiary/aromatic N) is 1. The van der Waals surface area contributed by atoms with Gasteiger partial charge in [-0.05, 0) is 12.1 Å².